The first-order valence-corrected chi connectivity index (χ1v) is 9.16. The third-order valence-corrected chi connectivity index (χ3v) is 6.21. The zero-order valence-corrected chi connectivity index (χ0v) is 15.9. The van der Waals surface area contributed by atoms with Gasteiger partial charge in [0.15, 0.2) is 0 Å². The molecule has 0 aromatic carbocycles. The highest BCUT2D eigenvalue weighted by atomic mass is 16.6. The molecular weight excluding hydrogens is 290 g/mol. The number of amides is 1. The SMILES string of the molecule is CCC1(C2CCN(C(=O)OC(C)(C)C)C2)CCC(C)(OC)CC1. The molecule has 0 spiro atoms. The molecule has 1 atom stereocenters. The quantitative estimate of drug-likeness (QED) is 0.760. The predicted octanol–water partition coefficient (Wildman–Crippen LogP) is 4.62. The fourth-order valence-electron chi connectivity index (χ4n) is 4.28. The van der Waals surface area contributed by atoms with Crippen molar-refractivity contribution in [3.63, 3.8) is 0 Å². The lowest BCUT2D eigenvalue weighted by Gasteiger charge is -2.47. The van der Waals surface area contributed by atoms with Crippen LogP contribution in [0.1, 0.15) is 73.1 Å². The van der Waals surface area contributed by atoms with E-state index >= 15 is 0 Å². The molecule has 1 amide bonds. The fourth-order valence-corrected chi connectivity index (χ4v) is 4.28. The normalized spacial score (nSPS) is 35.4. The molecule has 134 valence electrons. The van der Waals surface area contributed by atoms with Gasteiger partial charge in [0.2, 0.25) is 0 Å². The minimum absolute atomic E-state index is 0.0438. The summed E-state index contributed by atoms with van der Waals surface area (Å²) in [5.41, 5.74) is -0.000338. The maximum Gasteiger partial charge on any atom is 0.410 e. The number of methoxy groups -OCH3 is 1. The number of rotatable bonds is 3. The van der Waals surface area contributed by atoms with Gasteiger partial charge in [-0.2, -0.15) is 0 Å². The molecule has 4 heteroatoms. The third-order valence-electron chi connectivity index (χ3n) is 6.21. The lowest BCUT2D eigenvalue weighted by Crippen LogP contribution is -2.43. The minimum atomic E-state index is -0.414. The van der Waals surface area contributed by atoms with Crippen molar-refractivity contribution in [3.8, 4) is 0 Å². The Bertz CT molecular complexity index is 419. The number of carbonyl (C=O) groups excluding carboxylic acids is 1. The van der Waals surface area contributed by atoms with Gasteiger partial charge < -0.3 is 14.4 Å². The Morgan fingerprint density at radius 1 is 1.22 bits per heavy atom. The second-order valence-corrected chi connectivity index (χ2v) is 8.78. The van der Waals surface area contributed by atoms with Crippen molar-refractivity contribution >= 4 is 6.09 Å². The lowest BCUT2D eigenvalue weighted by molar-refractivity contribution is -0.0678. The van der Waals surface area contributed by atoms with Crippen molar-refractivity contribution in [1.29, 1.82) is 0 Å². The largest absolute Gasteiger partial charge is 0.444 e. The van der Waals surface area contributed by atoms with E-state index in [0.717, 1.165) is 32.4 Å². The molecule has 1 saturated carbocycles. The van der Waals surface area contributed by atoms with Crippen molar-refractivity contribution in [2.75, 3.05) is 20.2 Å². The highest BCUT2D eigenvalue weighted by Gasteiger charge is 2.47. The first-order valence-electron chi connectivity index (χ1n) is 9.16. The van der Waals surface area contributed by atoms with Crippen LogP contribution in [0.3, 0.4) is 0 Å². The standard InChI is InChI=1S/C19H35NO3/c1-7-19(11-9-18(5,22-6)10-12-19)15-8-13-20(14-15)16(21)23-17(2,3)4/h15H,7-14H2,1-6H3. The van der Waals surface area contributed by atoms with Crippen molar-refractivity contribution in [3.05, 3.63) is 0 Å². The van der Waals surface area contributed by atoms with E-state index in [9.17, 15) is 4.79 Å². The molecule has 2 aliphatic rings. The molecule has 0 aromatic rings. The summed E-state index contributed by atoms with van der Waals surface area (Å²) in [6.07, 6.45) is 6.82. The Morgan fingerprint density at radius 3 is 2.30 bits per heavy atom. The van der Waals surface area contributed by atoms with Gasteiger partial charge in [-0.3, -0.25) is 0 Å². The maximum absolute atomic E-state index is 12.3. The molecular formula is C19H35NO3. The molecule has 0 radical (unpaired) electrons. The number of hydrogen-bond acceptors (Lipinski definition) is 3. The Balaban J connectivity index is 1.98. The molecule has 2 rings (SSSR count). The summed E-state index contributed by atoms with van der Waals surface area (Å²) in [4.78, 5) is 14.2. The Labute approximate surface area is 141 Å². The predicted molar refractivity (Wildman–Crippen MR) is 92.5 cm³/mol. The Kier molecular flexibility index (Phi) is 5.34. The van der Waals surface area contributed by atoms with E-state index in [4.69, 9.17) is 9.47 Å². The first kappa shape index (κ1) is 18.6. The van der Waals surface area contributed by atoms with E-state index < -0.39 is 5.60 Å². The van der Waals surface area contributed by atoms with Crippen LogP contribution in [0, 0.1) is 11.3 Å². The highest BCUT2D eigenvalue weighted by Crippen LogP contribution is 2.51. The van der Waals surface area contributed by atoms with E-state index in [2.05, 4.69) is 13.8 Å². The van der Waals surface area contributed by atoms with Gasteiger partial charge in [-0.1, -0.05) is 13.3 Å². The highest BCUT2D eigenvalue weighted by molar-refractivity contribution is 5.68. The van der Waals surface area contributed by atoms with Crippen LogP contribution in [0.15, 0.2) is 0 Å². The molecule has 2 fully saturated rings. The Hall–Kier alpha value is -0.770. The number of ether oxygens (including phenoxy) is 2. The summed E-state index contributed by atoms with van der Waals surface area (Å²) in [5, 5.41) is 0. The van der Waals surface area contributed by atoms with Crippen LogP contribution in [0.5, 0.6) is 0 Å². The summed E-state index contributed by atoms with van der Waals surface area (Å²) in [7, 11) is 1.83. The van der Waals surface area contributed by atoms with Crippen LogP contribution in [0.2, 0.25) is 0 Å². The maximum atomic E-state index is 12.3. The average Bonchev–Trinajstić information content (AvgIpc) is 2.97. The summed E-state index contributed by atoms with van der Waals surface area (Å²) in [6, 6.07) is 0. The van der Waals surface area contributed by atoms with Gasteiger partial charge in [0, 0.05) is 20.2 Å². The van der Waals surface area contributed by atoms with Crippen molar-refractivity contribution < 1.29 is 14.3 Å². The second-order valence-electron chi connectivity index (χ2n) is 8.78. The van der Waals surface area contributed by atoms with Gasteiger partial charge in [0.1, 0.15) is 5.60 Å². The summed E-state index contributed by atoms with van der Waals surface area (Å²) in [6.45, 7) is 12.0. The molecule has 23 heavy (non-hydrogen) atoms. The van der Waals surface area contributed by atoms with E-state index in [1.807, 2.05) is 32.8 Å². The van der Waals surface area contributed by atoms with Crippen LogP contribution in [0.25, 0.3) is 0 Å². The lowest BCUT2D eigenvalue weighted by atomic mass is 9.61. The van der Waals surface area contributed by atoms with Gasteiger partial charge in [0.25, 0.3) is 0 Å². The second kappa shape index (κ2) is 6.62. The van der Waals surface area contributed by atoms with Crippen LogP contribution < -0.4 is 0 Å². The molecule has 4 nitrogen and oxygen atoms in total. The summed E-state index contributed by atoms with van der Waals surface area (Å²) in [5.74, 6) is 0.599. The molecule has 0 aromatic heterocycles. The summed E-state index contributed by atoms with van der Waals surface area (Å²) < 4.78 is 11.3. The number of hydrogen-bond donors (Lipinski definition) is 0. The molecule has 0 bridgehead atoms. The smallest absolute Gasteiger partial charge is 0.410 e. The number of carbonyl (C=O) groups is 1. The zero-order valence-electron chi connectivity index (χ0n) is 15.9. The molecule has 1 aliphatic heterocycles. The van der Waals surface area contributed by atoms with Crippen LogP contribution >= 0.6 is 0 Å². The summed E-state index contributed by atoms with van der Waals surface area (Å²) >= 11 is 0. The zero-order chi connectivity index (χ0) is 17.3. The van der Waals surface area contributed by atoms with E-state index in [1.165, 1.54) is 19.3 Å². The molecule has 1 heterocycles. The van der Waals surface area contributed by atoms with Crippen LogP contribution in [-0.4, -0.2) is 42.4 Å². The van der Waals surface area contributed by atoms with E-state index in [1.54, 1.807) is 0 Å². The van der Waals surface area contributed by atoms with Gasteiger partial charge in [0.05, 0.1) is 5.60 Å². The van der Waals surface area contributed by atoms with Crippen molar-refractivity contribution in [2.24, 2.45) is 11.3 Å². The molecule has 1 unspecified atom stereocenters. The monoisotopic (exact) mass is 325 g/mol. The average molecular weight is 325 g/mol. The third kappa shape index (κ3) is 4.20. The van der Waals surface area contributed by atoms with Gasteiger partial charge in [-0.05, 0) is 71.1 Å². The van der Waals surface area contributed by atoms with Crippen LogP contribution in [0.4, 0.5) is 4.79 Å². The van der Waals surface area contributed by atoms with Gasteiger partial charge >= 0.3 is 6.09 Å². The number of likely N-dealkylation sites (tertiary alicyclic amines) is 1. The minimum Gasteiger partial charge on any atom is -0.444 e. The van der Waals surface area contributed by atoms with E-state index in [0.29, 0.717) is 11.3 Å². The van der Waals surface area contributed by atoms with Crippen molar-refractivity contribution in [2.45, 2.75) is 84.3 Å². The molecule has 1 aliphatic carbocycles. The molecule has 1 saturated heterocycles. The van der Waals surface area contributed by atoms with Crippen LogP contribution in [-0.2, 0) is 9.47 Å². The fraction of sp³-hybridized carbons (Fsp3) is 0.947. The first-order chi connectivity index (χ1) is 10.6. The topological polar surface area (TPSA) is 38.8 Å². The number of nitrogens with zero attached hydrogens (tertiary/aromatic N) is 1. The van der Waals surface area contributed by atoms with Gasteiger partial charge in [-0.25, -0.2) is 4.79 Å². The Morgan fingerprint density at radius 2 is 1.83 bits per heavy atom. The van der Waals surface area contributed by atoms with Crippen molar-refractivity contribution in [1.82, 2.24) is 4.90 Å². The van der Waals surface area contributed by atoms with Gasteiger partial charge in [-0.15, -0.1) is 0 Å². The molecule has 0 N–H and O–H groups in total. The van der Waals surface area contributed by atoms with E-state index in [-0.39, 0.29) is 11.7 Å².